The number of pyridine rings is 1. The smallest absolute Gasteiger partial charge is 0.131 e. The topological polar surface area (TPSA) is 63.0 Å². The van der Waals surface area contributed by atoms with E-state index in [2.05, 4.69) is 15.4 Å². The van der Waals surface area contributed by atoms with Crippen LogP contribution in [0.15, 0.2) is 18.5 Å². The van der Waals surface area contributed by atoms with Crippen LogP contribution in [0, 0.1) is 6.92 Å². The molecule has 0 aliphatic rings. The Balaban J connectivity index is 2.30. The monoisotopic (exact) mass is 294 g/mol. The molecule has 2 aromatic rings. The van der Waals surface area contributed by atoms with Crippen LogP contribution in [0.2, 0.25) is 5.15 Å². The molecule has 0 amide bonds. The summed E-state index contributed by atoms with van der Waals surface area (Å²) >= 11 is 5.96. The second kappa shape index (κ2) is 6.24. The van der Waals surface area contributed by atoms with Gasteiger partial charge in [-0.3, -0.25) is 4.68 Å². The third-order valence-electron chi connectivity index (χ3n) is 3.02. The molecule has 0 radical (unpaired) electrons. The summed E-state index contributed by atoms with van der Waals surface area (Å²) in [6.07, 6.45) is 4.02. The molecule has 0 unspecified atom stereocenters. The van der Waals surface area contributed by atoms with Gasteiger partial charge in [-0.05, 0) is 31.9 Å². The Morgan fingerprint density at radius 1 is 1.50 bits per heavy atom. The van der Waals surface area contributed by atoms with Gasteiger partial charge >= 0.3 is 0 Å². The summed E-state index contributed by atoms with van der Waals surface area (Å²) in [6.45, 7) is 4.44. The number of halogens is 1. The van der Waals surface area contributed by atoms with Crippen LogP contribution in [0.4, 0.5) is 5.69 Å². The molecule has 108 valence electrons. The summed E-state index contributed by atoms with van der Waals surface area (Å²) in [5.74, 6) is 0. The maximum Gasteiger partial charge on any atom is 0.131 e. The van der Waals surface area contributed by atoms with E-state index in [4.69, 9.17) is 11.6 Å². The zero-order valence-electron chi connectivity index (χ0n) is 11.9. The molecule has 20 heavy (non-hydrogen) atoms. The molecule has 2 rings (SSSR count). The lowest BCUT2D eigenvalue weighted by molar-refractivity contribution is 0.189. The fourth-order valence-corrected chi connectivity index (χ4v) is 2.21. The van der Waals surface area contributed by atoms with Gasteiger partial charge in [0.25, 0.3) is 0 Å². The number of hydrogen-bond donors (Lipinski definition) is 2. The van der Waals surface area contributed by atoms with Crippen LogP contribution in [-0.4, -0.2) is 32.5 Å². The average Bonchev–Trinajstić information content (AvgIpc) is 2.68. The van der Waals surface area contributed by atoms with Gasteiger partial charge in [-0.1, -0.05) is 11.6 Å². The van der Waals surface area contributed by atoms with Crippen molar-refractivity contribution in [2.45, 2.75) is 26.4 Å². The first-order valence-electron chi connectivity index (χ1n) is 6.55. The summed E-state index contributed by atoms with van der Waals surface area (Å²) in [5.41, 5.74) is 3.76. The van der Waals surface area contributed by atoms with Gasteiger partial charge in [0.15, 0.2) is 0 Å². The van der Waals surface area contributed by atoms with E-state index in [1.54, 1.807) is 23.9 Å². The third kappa shape index (κ3) is 3.49. The Kier molecular flexibility index (Phi) is 4.62. The van der Waals surface area contributed by atoms with Crippen LogP contribution < -0.4 is 5.32 Å². The van der Waals surface area contributed by atoms with E-state index in [1.807, 2.05) is 20.2 Å². The minimum atomic E-state index is -0.333. The van der Waals surface area contributed by atoms with Crippen molar-refractivity contribution >= 4 is 17.3 Å². The molecule has 5 nitrogen and oxygen atoms in total. The quantitative estimate of drug-likeness (QED) is 0.832. The van der Waals surface area contributed by atoms with Gasteiger partial charge in [-0.15, -0.1) is 0 Å². The number of aliphatic hydroxyl groups is 1. The van der Waals surface area contributed by atoms with Gasteiger partial charge in [0.1, 0.15) is 5.15 Å². The average molecular weight is 295 g/mol. The van der Waals surface area contributed by atoms with Crippen molar-refractivity contribution < 1.29 is 5.11 Å². The normalized spacial score (nSPS) is 12.4. The second-order valence-corrected chi connectivity index (χ2v) is 5.34. The van der Waals surface area contributed by atoms with Crippen molar-refractivity contribution in [2.75, 3.05) is 11.9 Å². The SMILES string of the molecule is Cc1cn(C)nc1-c1cnc(Cl)cc1NCC[C@@H](C)O. The van der Waals surface area contributed by atoms with E-state index in [0.29, 0.717) is 18.1 Å². The summed E-state index contributed by atoms with van der Waals surface area (Å²) in [6, 6.07) is 1.78. The van der Waals surface area contributed by atoms with Gasteiger partial charge in [-0.25, -0.2) is 4.98 Å². The van der Waals surface area contributed by atoms with Crippen LogP contribution in [0.1, 0.15) is 18.9 Å². The Morgan fingerprint density at radius 3 is 2.85 bits per heavy atom. The van der Waals surface area contributed by atoms with Gasteiger partial charge < -0.3 is 10.4 Å². The number of aryl methyl sites for hydroxylation is 2. The van der Waals surface area contributed by atoms with E-state index in [1.165, 1.54) is 0 Å². The zero-order chi connectivity index (χ0) is 14.7. The molecule has 0 aliphatic heterocycles. The molecule has 0 saturated carbocycles. The molecule has 2 N–H and O–H groups in total. The second-order valence-electron chi connectivity index (χ2n) is 4.95. The lowest BCUT2D eigenvalue weighted by Gasteiger charge is -2.12. The van der Waals surface area contributed by atoms with Crippen LogP contribution in [0.25, 0.3) is 11.3 Å². The van der Waals surface area contributed by atoms with Gasteiger partial charge in [-0.2, -0.15) is 5.10 Å². The van der Waals surface area contributed by atoms with Gasteiger partial charge in [0, 0.05) is 37.2 Å². The van der Waals surface area contributed by atoms with Crippen molar-refractivity contribution in [3.8, 4) is 11.3 Å². The number of anilines is 1. The fourth-order valence-electron chi connectivity index (χ4n) is 2.05. The van der Waals surface area contributed by atoms with E-state index >= 15 is 0 Å². The van der Waals surface area contributed by atoms with Crippen molar-refractivity contribution in [1.82, 2.24) is 14.8 Å². The number of rotatable bonds is 5. The van der Waals surface area contributed by atoms with E-state index in [9.17, 15) is 5.11 Å². The minimum absolute atomic E-state index is 0.333. The molecule has 6 heteroatoms. The predicted molar refractivity (Wildman–Crippen MR) is 81.0 cm³/mol. The molecule has 0 spiro atoms. The Bertz CT molecular complexity index is 595. The Labute approximate surface area is 123 Å². The first-order chi connectivity index (χ1) is 9.47. The molecular formula is C14H19ClN4O. The molecule has 2 heterocycles. The van der Waals surface area contributed by atoms with Gasteiger partial charge in [0.2, 0.25) is 0 Å². The molecule has 0 saturated heterocycles. The van der Waals surface area contributed by atoms with E-state index in [-0.39, 0.29) is 6.10 Å². The van der Waals surface area contributed by atoms with Crippen LogP contribution in [0.3, 0.4) is 0 Å². The summed E-state index contributed by atoms with van der Waals surface area (Å²) in [4.78, 5) is 4.14. The molecule has 0 aromatic carbocycles. The Hall–Kier alpha value is -1.59. The molecule has 1 atom stereocenters. The van der Waals surface area contributed by atoms with E-state index < -0.39 is 0 Å². The van der Waals surface area contributed by atoms with Crippen molar-refractivity contribution in [3.63, 3.8) is 0 Å². The number of hydrogen-bond acceptors (Lipinski definition) is 4. The first kappa shape index (κ1) is 14.8. The number of nitrogens with one attached hydrogen (secondary N) is 1. The van der Waals surface area contributed by atoms with Crippen LogP contribution in [-0.2, 0) is 7.05 Å². The highest BCUT2D eigenvalue weighted by Crippen LogP contribution is 2.30. The standard InChI is InChI=1S/C14H19ClN4O/c1-9-8-19(3)18-14(9)11-7-17-13(15)6-12(11)16-5-4-10(2)20/h6-8,10,20H,4-5H2,1-3H3,(H,16,17)/t10-/m1/s1. The minimum Gasteiger partial charge on any atom is -0.393 e. The lowest BCUT2D eigenvalue weighted by atomic mass is 10.1. The summed E-state index contributed by atoms with van der Waals surface area (Å²) in [7, 11) is 1.89. The molecular weight excluding hydrogens is 276 g/mol. The first-order valence-corrected chi connectivity index (χ1v) is 6.93. The van der Waals surface area contributed by atoms with Crippen LogP contribution >= 0.6 is 11.6 Å². The molecule has 0 fully saturated rings. The molecule has 0 bridgehead atoms. The fraction of sp³-hybridized carbons (Fsp3) is 0.429. The number of nitrogens with zero attached hydrogens (tertiary/aromatic N) is 3. The lowest BCUT2D eigenvalue weighted by Crippen LogP contribution is -2.10. The van der Waals surface area contributed by atoms with Gasteiger partial charge in [0.05, 0.1) is 11.8 Å². The zero-order valence-corrected chi connectivity index (χ0v) is 12.6. The highest BCUT2D eigenvalue weighted by Gasteiger charge is 2.12. The predicted octanol–water partition coefficient (Wildman–Crippen LogP) is 2.63. The maximum atomic E-state index is 9.32. The molecule has 0 aliphatic carbocycles. The van der Waals surface area contributed by atoms with Crippen molar-refractivity contribution in [2.24, 2.45) is 7.05 Å². The summed E-state index contributed by atoms with van der Waals surface area (Å²) in [5, 5.41) is 17.5. The van der Waals surface area contributed by atoms with Crippen LogP contribution in [0.5, 0.6) is 0 Å². The third-order valence-corrected chi connectivity index (χ3v) is 3.22. The van der Waals surface area contributed by atoms with E-state index in [0.717, 1.165) is 22.5 Å². The highest BCUT2D eigenvalue weighted by molar-refractivity contribution is 6.29. The number of aliphatic hydroxyl groups excluding tert-OH is 1. The van der Waals surface area contributed by atoms with Crippen molar-refractivity contribution in [3.05, 3.63) is 29.2 Å². The van der Waals surface area contributed by atoms with Crippen molar-refractivity contribution in [1.29, 1.82) is 0 Å². The summed E-state index contributed by atoms with van der Waals surface area (Å²) < 4.78 is 1.78. The highest BCUT2D eigenvalue weighted by atomic mass is 35.5. The largest absolute Gasteiger partial charge is 0.393 e. The Morgan fingerprint density at radius 2 is 2.25 bits per heavy atom. The maximum absolute atomic E-state index is 9.32. The molecule has 2 aromatic heterocycles. The number of aromatic nitrogens is 3.